The van der Waals surface area contributed by atoms with E-state index in [2.05, 4.69) is 42.6 Å². The number of likely N-dealkylation sites (N-methyl/N-ethyl adjacent to an activating group) is 1. The molecule has 3 saturated heterocycles. The predicted molar refractivity (Wildman–Crippen MR) is 132 cm³/mol. The Labute approximate surface area is 201 Å². The molecule has 0 radical (unpaired) electrons. The second-order valence-corrected chi connectivity index (χ2v) is 10.0. The molecule has 3 aliphatic rings. The summed E-state index contributed by atoms with van der Waals surface area (Å²) in [6.45, 7) is 9.50. The first kappa shape index (κ1) is 23.0. The molecule has 2 aromatic heterocycles. The number of piperazine rings is 1. The highest BCUT2D eigenvalue weighted by Crippen LogP contribution is 2.26. The Balaban J connectivity index is 1.29. The summed E-state index contributed by atoms with van der Waals surface area (Å²) >= 11 is 0. The van der Waals surface area contributed by atoms with Crippen LogP contribution in [0.3, 0.4) is 0 Å². The lowest BCUT2D eigenvalue weighted by atomic mass is 9.96. The van der Waals surface area contributed by atoms with Gasteiger partial charge in [-0.25, -0.2) is 9.97 Å². The van der Waals surface area contributed by atoms with Crippen LogP contribution in [0.5, 0.6) is 0 Å². The molecule has 2 aromatic rings. The van der Waals surface area contributed by atoms with Gasteiger partial charge >= 0.3 is 0 Å². The standard InChI is InChI=1S/C24H37N9O/c1-17-13-22(30-29-17)27-21-15-23(32-11-9-31(2)10-12-32)28-20(26-21)14-18-5-8-33(16-18)24(34)19-3-6-25-7-4-19/h13,15,18-19,25H,3-12,14,16H2,1-2H3,(H2,26,27,28,29,30). The minimum Gasteiger partial charge on any atom is -0.354 e. The van der Waals surface area contributed by atoms with E-state index in [-0.39, 0.29) is 5.92 Å². The number of aryl methyl sites for hydroxylation is 1. The molecular weight excluding hydrogens is 430 g/mol. The van der Waals surface area contributed by atoms with Crippen molar-refractivity contribution in [2.45, 2.75) is 32.6 Å². The number of nitrogens with one attached hydrogen (secondary N) is 3. The van der Waals surface area contributed by atoms with E-state index in [9.17, 15) is 4.79 Å². The van der Waals surface area contributed by atoms with E-state index in [1.807, 2.05) is 19.1 Å². The molecular formula is C24H37N9O. The van der Waals surface area contributed by atoms with Crippen molar-refractivity contribution in [2.24, 2.45) is 11.8 Å². The Kier molecular flexibility index (Phi) is 6.96. The molecule has 3 aliphatic heterocycles. The molecule has 10 heteroatoms. The van der Waals surface area contributed by atoms with Crippen molar-refractivity contribution in [3.05, 3.63) is 23.7 Å². The van der Waals surface area contributed by atoms with E-state index in [4.69, 9.17) is 9.97 Å². The molecule has 10 nitrogen and oxygen atoms in total. The molecule has 5 heterocycles. The average Bonchev–Trinajstić information content (AvgIpc) is 3.48. The zero-order valence-corrected chi connectivity index (χ0v) is 20.4. The van der Waals surface area contributed by atoms with Crippen LogP contribution >= 0.6 is 0 Å². The molecule has 0 bridgehead atoms. The summed E-state index contributed by atoms with van der Waals surface area (Å²) in [6, 6.07) is 4.00. The van der Waals surface area contributed by atoms with Crippen molar-refractivity contribution in [1.29, 1.82) is 0 Å². The zero-order chi connectivity index (χ0) is 23.5. The number of amides is 1. The van der Waals surface area contributed by atoms with Gasteiger partial charge in [-0.05, 0) is 52.2 Å². The van der Waals surface area contributed by atoms with Crippen molar-refractivity contribution in [3.8, 4) is 0 Å². The third kappa shape index (κ3) is 5.50. The van der Waals surface area contributed by atoms with Crippen LogP contribution in [0.1, 0.15) is 30.8 Å². The molecule has 1 amide bonds. The summed E-state index contributed by atoms with van der Waals surface area (Å²) < 4.78 is 0. The summed E-state index contributed by atoms with van der Waals surface area (Å²) in [7, 11) is 2.16. The van der Waals surface area contributed by atoms with E-state index >= 15 is 0 Å². The van der Waals surface area contributed by atoms with E-state index in [0.717, 1.165) is 107 Å². The summed E-state index contributed by atoms with van der Waals surface area (Å²) in [5.41, 5.74) is 1.00. The number of H-pyrrole nitrogens is 1. The number of hydrogen-bond donors (Lipinski definition) is 3. The summed E-state index contributed by atoms with van der Waals surface area (Å²) in [4.78, 5) is 29.6. The lowest BCUT2D eigenvalue weighted by Crippen LogP contribution is -2.45. The molecule has 0 saturated carbocycles. The highest BCUT2D eigenvalue weighted by molar-refractivity contribution is 5.79. The van der Waals surface area contributed by atoms with Crippen LogP contribution in [0.25, 0.3) is 0 Å². The molecule has 184 valence electrons. The second-order valence-electron chi connectivity index (χ2n) is 10.0. The van der Waals surface area contributed by atoms with Crippen LogP contribution in [0.15, 0.2) is 12.1 Å². The smallest absolute Gasteiger partial charge is 0.225 e. The fourth-order valence-corrected chi connectivity index (χ4v) is 5.23. The van der Waals surface area contributed by atoms with Crippen molar-refractivity contribution in [1.82, 2.24) is 35.3 Å². The van der Waals surface area contributed by atoms with Gasteiger partial charge in [0.1, 0.15) is 17.5 Å². The van der Waals surface area contributed by atoms with Gasteiger partial charge in [0.2, 0.25) is 5.91 Å². The number of aromatic amines is 1. The first-order valence-corrected chi connectivity index (χ1v) is 12.6. The molecule has 0 aromatic carbocycles. The number of carbonyl (C=O) groups is 1. The summed E-state index contributed by atoms with van der Waals surface area (Å²) in [5.74, 6) is 4.25. The normalized spacial score (nSPS) is 22.4. The van der Waals surface area contributed by atoms with Crippen molar-refractivity contribution in [2.75, 3.05) is 69.6 Å². The third-order valence-electron chi connectivity index (χ3n) is 7.31. The Bertz CT molecular complexity index is 979. The molecule has 3 N–H and O–H groups in total. The fraction of sp³-hybridized carbons (Fsp3) is 0.667. The molecule has 1 unspecified atom stereocenters. The van der Waals surface area contributed by atoms with Crippen LogP contribution in [0.4, 0.5) is 17.5 Å². The highest BCUT2D eigenvalue weighted by Gasteiger charge is 2.32. The largest absolute Gasteiger partial charge is 0.354 e. The molecule has 34 heavy (non-hydrogen) atoms. The van der Waals surface area contributed by atoms with Gasteiger partial charge in [0.15, 0.2) is 5.82 Å². The monoisotopic (exact) mass is 467 g/mol. The predicted octanol–water partition coefficient (Wildman–Crippen LogP) is 1.39. The number of anilines is 3. The number of carbonyl (C=O) groups excluding carboxylic acids is 1. The summed E-state index contributed by atoms with van der Waals surface area (Å²) in [5, 5.41) is 14.0. The number of nitrogens with zero attached hydrogens (tertiary/aromatic N) is 6. The maximum atomic E-state index is 13.0. The van der Waals surface area contributed by atoms with Gasteiger partial charge in [0.25, 0.3) is 0 Å². The molecule has 0 spiro atoms. The SMILES string of the molecule is Cc1cc(Nc2cc(N3CCN(C)CC3)nc(CC3CCN(C(=O)C4CCNCC4)C3)n2)n[nH]1. The van der Waals surface area contributed by atoms with Gasteiger partial charge in [-0.2, -0.15) is 5.10 Å². The lowest BCUT2D eigenvalue weighted by Gasteiger charge is -2.33. The average molecular weight is 468 g/mol. The Morgan fingerprint density at radius 3 is 2.59 bits per heavy atom. The summed E-state index contributed by atoms with van der Waals surface area (Å²) in [6.07, 6.45) is 3.71. The number of hydrogen-bond acceptors (Lipinski definition) is 8. The zero-order valence-electron chi connectivity index (χ0n) is 20.4. The van der Waals surface area contributed by atoms with Crippen molar-refractivity contribution >= 4 is 23.4 Å². The van der Waals surface area contributed by atoms with Crippen LogP contribution in [0, 0.1) is 18.8 Å². The Morgan fingerprint density at radius 1 is 1.06 bits per heavy atom. The second kappa shape index (κ2) is 10.3. The van der Waals surface area contributed by atoms with E-state index in [1.54, 1.807) is 0 Å². The van der Waals surface area contributed by atoms with E-state index in [0.29, 0.717) is 11.8 Å². The molecule has 1 atom stereocenters. The maximum Gasteiger partial charge on any atom is 0.225 e. The van der Waals surface area contributed by atoms with Gasteiger partial charge < -0.3 is 25.3 Å². The maximum absolute atomic E-state index is 13.0. The fourth-order valence-electron chi connectivity index (χ4n) is 5.23. The van der Waals surface area contributed by atoms with Crippen LogP contribution in [-0.2, 0) is 11.2 Å². The molecule has 5 rings (SSSR count). The van der Waals surface area contributed by atoms with Crippen LogP contribution in [0.2, 0.25) is 0 Å². The van der Waals surface area contributed by atoms with Gasteiger partial charge in [0, 0.05) is 69.4 Å². The number of likely N-dealkylation sites (tertiary alicyclic amines) is 1. The van der Waals surface area contributed by atoms with Gasteiger partial charge in [0.05, 0.1) is 0 Å². The minimum absolute atomic E-state index is 0.185. The van der Waals surface area contributed by atoms with E-state index < -0.39 is 0 Å². The van der Waals surface area contributed by atoms with Crippen LogP contribution < -0.4 is 15.5 Å². The van der Waals surface area contributed by atoms with Gasteiger partial charge in [-0.1, -0.05) is 0 Å². The van der Waals surface area contributed by atoms with Gasteiger partial charge in [-0.3, -0.25) is 9.89 Å². The minimum atomic E-state index is 0.185. The number of aromatic nitrogens is 4. The lowest BCUT2D eigenvalue weighted by molar-refractivity contribution is -0.135. The van der Waals surface area contributed by atoms with E-state index in [1.165, 1.54) is 0 Å². The molecule has 3 fully saturated rings. The molecule has 0 aliphatic carbocycles. The first-order chi connectivity index (χ1) is 16.5. The topological polar surface area (TPSA) is 105 Å². The van der Waals surface area contributed by atoms with Crippen LogP contribution in [-0.4, -0.2) is 95.3 Å². The van der Waals surface area contributed by atoms with Gasteiger partial charge in [-0.15, -0.1) is 0 Å². The third-order valence-corrected chi connectivity index (χ3v) is 7.31. The Hall–Kier alpha value is -2.72. The Morgan fingerprint density at radius 2 is 1.85 bits per heavy atom. The number of rotatable bonds is 6. The number of piperidine rings is 1. The first-order valence-electron chi connectivity index (χ1n) is 12.6. The van der Waals surface area contributed by atoms with Crippen molar-refractivity contribution < 1.29 is 4.79 Å². The van der Waals surface area contributed by atoms with Crippen molar-refractivity contribution in [3.63, 3.8) is 0 Å². The highest BCUT2D eigenvalue weighted by atomic mass is 16.2. The quantitative estimate of drug-likeness (QED) is 0.586.